The predicted octanol–water partition coefficient (Wildman–Crippen LogP) is 3.74. The molecule has 3 aromatic rings. The molecule has 2 aromatic carbocycles. The van der Waals surface area contributed by atoms with Gasteiger partial charge in [-0.25, -0.2) is 16.8 Å². The van der Waals surface area contributed by atoms with E-state index in [-0.39, 0.29) is 0 Å². The fraction of sp³-hybridized carbons (Fsp3) is 0.105. The molecule has 3 rings (SSSR count). The van der Waals surface area contributed by atoms with E-state index in [1.807, 2.05) is 0 Å². The summed E-state index contributed by atoms with van der Waals surface area (Å²) in [6, 6.07) is 12.4. The van der Waals surface area contributed by atoms with E-state index in [1.165, 1.54) is 19.3 Å². The summed E-state index contributed by atoms with van der Waals surface area (Å²) < 4.78 is 54.7. The standard InChI is InChI=1S/C19H15ClO6S3/c1-26-16-6-2-13(3-7-16)8-9-28(22,23)12-29(24,25)18-10-14-4-5-15(20)11-17(14)27-19(18)21/h2-11H,12H2,1H3/b9-8-. The van der Waals surface area contributed by atoms with Crippen molar-refractivity contribution in [1.29, 1.82) is 0 Å². The van der Waals surface area contributed by atoms with Crippen LogP contribution >= 0.6 is 22.9 Å². The number of ether oxygens (including phenoxy) is 1. The maximum atomic E-state index is 12.6. The molecule has 29 heavy (non-hydrogen) atoms. The molecule has 0 N–H and O–H groups in total. The van der Waals surface area contributed by atoms with Crippen molar-refractivity contribution in [2.24, 2.45) is 0 Å². The average Bonchev–Trinajstić information content (AvgIpc) is 2.65. The van der Waals surface area contributed by atoms with Crippen molar-refractivity contribution < 1.29 is 21.6 Å². The van der Waals surface area contributed by atoms with Gasteiger partial charge in [0.1, 0.15) is 10.6 Å². The Kier molecular flexibility index (Phi) is 6.13. The maximum absolute atomic E-state index is 12.6. The molecule has 0 saturated carbocycles. The molecule has 1 aromatic heterocycles. The summed E-state index contributed by atoms with van der Waals surface area (Å²) >= 11 is 6.59. The Morgan fingerprint density at radius 2 is 1.72 bits per heavy atom. The Labute approximate surface area is 176 Å². The second-order valence-electron chi connectivity index (χ2n) is 6.05. The van der Waals surface area contributed by atoms with Gasteiger partial charge in [0.05, 0.1) is 7.11 Å². The van der Waals surface area contributed by atoms with Crippen LogP contribution in [0.15, 0.2) is 63.6 Å². The minimum Gasteiger partial charge on any atom is -0.497 e. The average molecular weight is 471 g/mol. The zero-order valence-corrected chi connectivity index (χ0v) is 18.2. The molecule has 0 saturated heterocycles. The topological polar surface area (TPSA) is 94.6 Å². The van der Waals surface area contributed by atoms with Gasteiger partial charge in [0.15, 0.2) is 24.8 Å². The van der Waals surface area contributed by atoms with Gasteiger partial charge in [-0.1, -0.05) is 41.1 Å². The van der Waals surface area contributed by atoms with Crippen molar-refractivity contribution in [2.75, 3.05) is 12.2 Å². The van der Waals surface area contributed by atoms with Crippen molar-refractivity contribution in [3.05, 3.63) is 74.1 Å². The quantitative estimate of drug-likeness (QED) is 0.544. The SMILES string of the molecule is COc1ccc(/C=C\S(=O)(=O)CS(=O)(=O)c2cc3ccc(Cl)cc3sc2=O)cc1. The van der Waals surface area contributed by atoms with Gasteiger partial charge in [-0.3, -0.25) is 4.79 Å². The lowest BCUT2D eigenvalue weighted by atomic mass is 10.2. The van der Waals surface area contributed by atoms with Crippen molar-refractivity contribution in [2.45, 2.75) is 4.90 Å². The molecule has 0 bridgehead atoms. The predicted molar refractivity (Wildman–Crippen MR) is 116 cm³/mol. The third kappa shape index (κ3) is 5.24. The highest BCUT2D eigenvalue weighted by atomic mass is 35.5. The summed E-state index contributed by atoms with van der Waals surface area (Å²) in [5, 5.41) is 0.521. The molecule has 0 aliphatic rings. The highest BCUT2D eigenvalue weighted by Crippen LogP contribution is 2.24. The lowest BCUT2D eigenvalue weighted by Gasteiger charge is -2.05. The number of methoxy groups -OCH3 is 1. The Morgan fingerprint density at radius 3 is 2.38 bits per heavy atom. The normalized spacial score (nSPS) is 12.5. The van der Waals surface area contributed by atoms with Gasteiger partial charge < -0.3 is 4.74 Å². The zero-order chi connectivity index (χ0) is 21.2. The van der Waals surface area contributed by atoms with Crippen LogP contribution in [-0.2, 0) is 19.7 Å². The summed E-state index contributed by atoms with van der Waals surface area (Å²) in [7, 11) is -6.99. The van der Waals surface area contributed by atoms with Gasteiger partial charge in [-0.05, 0) is 47.4 Å². The van der Waals surface area contributed by atoms with Crippen LogP contribution < -0.4 is 9.48 Å². The van der Waals surface area contributed by atoms with Gasteiger partial charge in [0, 0.05) is 15.1 Å². The zero-order valence-electron chi connectivity index (χ0n) is 15.0. The lowest BCUT2D eigenvalue weighted by Crippen LogP contribution is -2.20. The first-order chi connectivity index (χ1) is 13.6. The van der Waals surface area contributed by atoms with Crippen molar-refractivity contribution >= 4 is 58.8 Å². The van der Waals surface area contributed by atoms with E-state index < -0.39 is 34.4 Å². The van der Waals surface area contributed by atoms with E-state index in [0.717, 1.165) is 5.41 Å². The molecule has 0 fully saturated rings. The molecule has 0 atom stereocenters. The summed E-state index contributed by atoms with van der Waals surface area (Å²) in [5.41, 5.74) is 0.557. The molecule has 1 heterocycles. The molecule has 0 aliphatic carbocycles. The maximum Gasteiger partial charge on any atom is 0.251 e. The van der Waals surface area contributed by atoms with E-state index in [0.29, 0.717) is 37.8 Å². The fourth-order valence-electron chi connectivity index (χ4n) is 2.50. The first-order valence-corrected chi connectivity index (χ1v) is 12.7. The van der Waals surface area contributed by atoms with Crippen molar-refractivity contribution in [3.8, 4) is 5.75 Å². The van der Waals surface area contributed by atoms with Gasteiger partial charge >= 0.3 is 0 Å². The molecule has 6 nitrogen and oxygen atoms in total. The van der Waals surface area contributed by atoms with Gasteiger partial charge in [0.2, 0.25) is 0 Å². The molecular formula is C19H15ClO6S3. The lowest BCUT2D eigenvalue weighted by molar-refractivity contribution is 0.415. The van der Waals surface area contributed by atoms with E-state index in [1.54, 1.807) is 42.5 Å². The summed E-state index contributed by atoms with van der Waals surface area (Å²) in [6.45, 7) is 0. The van der Waals surface area contributed by atoms with E-state index in [4.69, 9.17) is 16.3 Å². The molecular weight excluding hydrogens is 456 g/mol. The van der Waals surface area contributed by atoms with Gasteiger partial charge in [-0.15, -0.1) is 0 Å². The second kappa shape index (κ2) is 8.27. The third-order valence-electron chi connectivity index (χ3n) is 3.90. The molecule has 0 aliphatic heterocycles. The van der Waals surface area contributed by atoms with Crippen LogP contribution in [0.3, 0.4) is 0 Å². The van der Waals surface area contributed by atoms with Gasteiger partial charge in [0.25, 0.3) is 4.74 Å². The molecule has 0 spiro atoms. The number of fused-ring (bicyclic) bond motifs is 1. The van der Waals surface area contributed by atoms with Crippen LogP contribution in [0.4, 0.5) is 0 Å². The number of halogens is 1. The Hall–Kier alpha value is -2.20. The number of benzene rings is 2. The molecule has 0 radical (unpaired) electrons. The summed E-state index contributed by atoms with van der Waals surface area (Å²) in [6.07, 6.45) is 1.29. The molecule has 10 heteroatoms. The van der Waals surface area contributed by atoms with Crippen LogP contribution in [-0.4, -0.2) is 29.0 Å². The molecule has 0 unspecified atom stereocenters. The van der Waals surface area contributed by atoms with Crippen molar-refractivity contribution in [1.82, 2.24) is 0 Å². The largest absolute Gasteiger partial charge is 0.497 e. The smallest absolute Gasteiger partial charge is 0.251 e. The molecule has 152 valence electrons. The minimum absolute atomic E-state index is 0.412. The van der Waals surface area contributed by atoms with E-state index >= 15 is 0 Å². The summed E-state index contributed by atoms with van der Waals surface area (Å²) in [4.78, 5) is 11.7. The van der Waals surface area contributed by atoms with Crippen LogP contribution in [0.25, 0.3) is 16.2 Å². The first kappa shape index (κ1) is 21.5. The number of rotatable bonds is 6. The highest BCUT2D eigenvalue weighted by molar-refractivity contribution is 8.09. The number of hydrogen-bond acceptors (Lipinski definition) is 7. The number of sulfone groups is 2. The number of hydrogen-bond donors (Lipinski definition) is 0. The van der Waals surface area contributed by atoms with Crippen molar-refractivity contribution in [3.63, 3.8) is 0 Å². The van der Waals surface area contributed by atoms with Crippen LogP contribution in [0.2, 0.25) is 5.02 Å². The monoisotopic (exact) mass is 470 g/mol. The van der Waals surface area contributed by atoms with E-state index in [2.05, 4.69) is 0 Å². The Morgan fingerprint density at radius 1 is 1.03 bits per heavy atom. The van der Waals surface area contributed by atoms with Gasteiger partial charge in [-0.2, -0.15) is 0 Å². The summed E-state index contributed by atoms with van der Waals surface area (Å²) in [5.74, 6) is 0.606. The minimum atomic E-state index is -4.36. The fourth-order valence-corrected chi connectivity index (χ4v) is 7.51. The van der Waals surface area contributed by atoms with Crippen LogP contribution in [0.1, 0.15) is 5.56 Å². The van der Waals surface area contributed by atoms with E-state index in [9.17, 15) is 21.6 Å². The van der Waals surface area contributed by atoms with Crippen LogP contribution in [0, 0.1) is 0 Å². The highest BCUT2D eigenvalue weighted by Gasteiger charge is 2.26. The third-order valence-corrected chi connectivity index (χ3v) is 9.33. The Balaban J connectivity index is 1.90. The molecule has 0 amide bonds. The van der Waals surface area contributed by atoms with Crippen LogP contribution in [0.5, 0.6) is 5.75 Å². The Bertz CT molecular complexity index is 1360. The second-order valence-corrected chi connectivity index (χ2v) is 11.7. The first-order valence-electron chi connectivity index (χ1n) is 8.11.